The van der Waals surface area contributed by atoms with Crippen LogP contribution in [0.15, 0.2) is 5.16 Å². The van der Waals surface area contributed by atoms with E-state index in [1.807, 2.05) is 20.9 Å². The van der Waals surface area contributed by atoms with Gasteiger partial charge in [-0.05, 0) is 52.1 Å². The Morgan fingerprint density at radius 2 is 2.14 bits per heavy atom. The first-order valence-electron chi connectivity index (χ1n) is 8.57. The standard InChI is InChI=1S/C17H31N3O2/c1-13(2)7-10-20-9-6-8-17(12-20)11-15(18-22-17)16(21)19(5)14(3)4/h13-14H,6-12H2,1-5H3. The number of likely N-dealkylation sites (tertiary alicyclic amines) is 1. The van der Waals surface area contributed by atoms with E-state index in [4.69, 9.17) is 4.84 Å². The summed E-state index contributed by atoms with van der Waals surface area (Å²) in [6.07, 6.45) is 3.98. The summed E-state index contributed by atoms with van der Waals surface area (Å²) in [6, 6.07) is 0.181. The average molecular weight is 309 g/mol. The molecule has 0 aromatic carbocycles. The van der Waals surface area contributed by atoms with Crippen LogP contribution in [0, 0.1) is 5.92 Å². The SMILES string of the molecule is CC(C)CCN1CCCC2(CC(C(=O)N(C)C(C)C)=NO2)C1. The summed E-state index contributed by atoms with van der Waals surface area (Å²) in [7, 11) is 1.83. The van der Waals surface area contributed by atoms with Gasteiger partial charge in [-0.15, -0.1) is 0 Å². The number of hydrogen-bond donors (Lipinski definition) is 0. The van der Waals surface area contributed by atoms with Gasteiger partial charge in [-0.1, -0.05) is 19.0 Å². The predicted molar refractivity (Wildman–Crippen MR) is 88.9 cm³/mol. The van der Waals surface area contributed by atoms with Gasteiger partial charge in [0.2, 0.25) is 0 Å². The molecule has 0 saturated carbocycles. The summed E-state index contributed by atoms with van der Waals surface area (Å²) >= 11 is 0. The molecule has 0 bridgehead atoms. The molecule has 1 atom stereocenters. The number of nitrogens with zero attached hydrogens (tertiary/aromatic N) is 3. The number of carbonyl (C=O) groups excluding carboxylic acids is 1. The molecule has 126 valence electrons. The Morgan fingerprint density at radius 1 is 1.41 bits per heavy atom. The van der Waals surface area contributed by atoms with Crippen molar-refractivity contribution in [3.05, 3.63) is 0 Å². The van der Waals surface area contributed by atoms with Crippen LogP contribution < -0.4 is 0 Å². The second-order valence-electron chi connectivity index (χ2n) is 7.56. The van der Waals surface area contributed by atoms with E-state index in [-0.39, 0.29) is 17.6 Å². The lowest BCUT2D eigenvalue weighted by molar-refractivity contribution is -0.124. The normalized spacial score (nSPS) is 25.7. The smallest absolute Gasteiger partial charge is 0.271 e. The zero-order chi connectivity index (χ0) is 16.3. The highest BCUT2D eigenvalue weighted by Gasteiger charge is 2.44. The van der Waals surface area contributed by atoms with Gasteiger partial charge in [0, 0.05) is 26.1 Å². The summed E-state index contributed by atoms with van der Waals surface area (Å²) in [5, 5.41) is 4.14. The van der Waals surface area contributed by atoms with Crippen LogP contribution >= 0.6 is 0 Å². The van der Waals surface area contributed by atoms with Crippen molar-refractivity contribution in [3.8, 4) is 0 Å². The molecule has 1 fully saturated rings. The van der Waals surface area contributed by atoms with E-state index in [9.17, 15) is 4.79 Å². The highest BCUT2D eigenvalue weighted by Crippen LogP contribution is 2.34. The van der Waals surface area contributed by atoms with E-state index in [2.05, 4.69) is 23.9 Å². The lowest BCUT2D eigenvalue weighted by atomic mass is 9.87. The van der Waals surface area contributed by atoms with Gasteiger partial charge in [-0.3, -0.25) is 9.69 Å². The summed E-state index contributed by atoms with van der Waals surface area (Å²) < 4.78 is 0. The van der Waals surface area contributed by atoms with Crippen molar-refractivity contribution in [2.75, 3.05) is 26.7 Å². The average Bonchev–Trinajstić information content (AvgIpc) is 2.87. The minimum atomic E-state index is -0.266. The quantitative estimate of drug-likeness (QED) is 0.784. The van der Waals surface area contributed by atoms with Crippen LogP contribution in [0.4, 0.5) is 0 Å². The minimum Gasteiger partial charge on any atom is -0.387 e. The molecule has 22 heavy (non-hydrogen) atoms. The van der Waals surface area contributed by atoms with Crippen molar-refractivity contribution in [3.63, 3.8) is 0 Å². The Bertz CT molecular complexity index is 434. The molecule has 1 amide bonds. The van der Waals surface area contributed by atoms with Gasteiger partial charge in [0.25, 0.3) is 5.91 Å². The Morgan fingerprint density at radius 3 is 2.77 bits per heavy atom. The fourth-order valence-electron chi connectivity index (χ4n) is 3.12. The third-order valence-corrected chi connectivity index (χ3v) is 4.82. The monoisotopic (exact) mass is 309 g/mol. The molecule has 0 radical (unpaired) electrons. The van der Waals surface area contributed by atoms with Crippen molar-refractivity contribution in [2.24, 2.45) is 11.1 Å². The third-order valence-electron chi connectivity index (χ3n) is 4.82. The van der Waals surface area contributed by atoms with Gasteiger partial charge in [0.1, 0.15) is 5.71 Å². The van der Waals surface area contributed by atoms with Gasteiger partial charge < -0.3 is 9.74 Å². The maximum absolute atomic E-state index is 12.4. The number of rotatable bonds is 5. The largest absolute Gasteiger partial charge is 0.387 e. The molecule has 0 aliphatic carbocycles. The van der Waals surface area contributed by atoms with Gasteiger partial charge >= 0.3 is 0 Å². The lowest BCUT2D eigenvalue weighted by Crippen LogP contribution is -2.49. The van der Waals surface area contributed by atoms with E-state index in [0.29, 0.717) is 12.1 Å². The number of oxime groups is 1. The Balaban J connectivity index is 1.93. The molecule has 0 aromatic rings. The molecule has 2 aliphatic heterocycles. The minimum absolute atomic E-state index is 0.00572. The summed E-state index contributed by atoms with van der Waals surface area (Å²) in [5.41, 5.74) is 0.319. The Kier molecular flexibility index (Phi) is 5.48. The number of amides is 1. The van der Waals surface area contributed by atoms with Crippen molar-refractivity contribution < 1.29 is 9.63 Å². The number of piperidine rings is 1. The van der Waals surface area contributed by atoms with Crippen molar-refractivity contribution >= 4 is 11.6 Å². The molecule has 5 nitrogen and oxygen atoms in total. The van der Waals surface area contributed by atoms with E-state index in [1.54, 1.807) is 4.90 Å². The molecule has 2 rings (SSSR count). The molecule has 2 heterocycles. The van der Waals surface area contributed by atoms with Crippen molar-refractivity contribution in [1.82, 2.24) is 9.80 Å². The van der Waals surface area contributed by atoms with Crippen molar-refractivity contribution in [1.29, 1.82) is 0 Å². The first kappa shape index (κ1) is 17.3. The first-order valence-corrected chi connectivity index (χ1v) is 8.57. The molecular weight excluding hydrogens is 278 g/mol. The zero-order valence-electron chi connectivity index (χ0n) is 14.8. The Hall–Kier alpha value is -1.10. The summed E-state index contributed by atoms with van der Waals surface area (Å²) in [6.45, 7) is 11.7. The molecule has 0 N–H and O–H groups in total. The fraction of sp³-hybridized carbons (Fsp3) is 0.882. The van der Waals surface area contributed by atoms with E-state index in [1.165, 1.54) is 6.42 Å². The fourth-order valence-corrected chi connectivity index (χ4v) is 3.12. The van der Waals surface area contributed by atoms with Gasteiger partial charge in [-0.25, -0.2) is 0 Å². The zero-order valence-corrected chi connectivity index (χ0v) is 14.8. The van der Waals surface area contributed by atoms with Crippen molar-refractivity contribution in [2.45, 2.75) is 65.0 Å². The molecular formula is C17H31N3O2. The highest BCUT2D eigenvalue weighted by molar-refractivity contribution is 6.39. The molecule has 1 unspecified atom stereocenters. The molecule has 5 heteroatoms. The topological polar surface area (TPSA) is 45.1 Å². The summed E-state index contributed by atoms with van der Waals surface area (Å²) in [5.74, 6) is 0.724. The van der Waals surface area contributed by atoms with Crippen LogP contribution in [0.2, 0.25) is 0 Å². The van der Waals surface area contributed by atoms with Gasteiger partial charge in [0.15, 0.2) is 5.60 Å². The predicted octanol–water partition coefficient (Wildman–Crippen LogP) is 2.51. The van der Waals surface area contributed by atoms with E-state index < -0.39 is 0 Å². The molecule has 0 aromatic heterocycles. The van der Waals surface area contributed by atoms with Gasteiger partial charge in [-0.2, -0.15) is 0 Å². The van der Waals surface area contributed by atoms with Crippen LogP contribution in [0.1, 0.15) is 53.4 Å². The molecule has 1 saturated heterocycles. The number of carbonyl (C=O) groups is 1. The van der Waals surface area contributed by atoms with Crippen LogP contribution in [0.5, 0.6) is 0 Å². The second kappa shape index (κ2) is 6.99. The first-order chi connectivity index (χ1) is 10.3. The van der Waals surface area contributed by atoms with Gasteiger partial charge in [0.05, 0.1) is 0 Å². The van der Waals surface area contributed by atoms with E-state index in [0.717, 1.165) is 38.4 Å². The maximum atomic E-state index is 12.4. The van der Waals surface area contributed by atoms with Crippen LogP contribution in [0.25, 0.3) is 0 Å². The van der Waals surface area contributed by atoms with Crippen LogP contribution in [-0.4, -0.2) is 59.7 Å². The lowest BCUT2D eigenvalue weighted by Gasteiger charge is -2.38. The van der Waals surface area contributed by atoms with E-state index >= 15 is 0 Å². The summed E-state index contributed by atoms with van der Waals surface area (Å²) in [4.78, 5) is 22.4. The second-order valence-corrected chi connectivity index (χ2v) is 7.56. The number of hydrogen-bond acceptors (Lipinski definition) is 4. The maximum Gasteiger partial charge on any atom is 0.271 e. The highest BCUT2D eigenvalue weighted by atomic mass is 16.7. The van der Waals surface area contributed by atoms with Crippen LogP contribution in [0.3, 0.4) is 0 Å². The van der Waals surface area contributed by atoms with Crippen LogP contribution in [-0.2, 0) is 9.63 Å². The third kappa shape index (κ3) is 4.00. The molecule has 2 aliphatic rings. The Labute approximate surface area is 134 Å². The molecule has 1 spiro atoms.